The van der Waals surface area contributed by atoms with Gasteiger partial charge in [0.05, 0.1) is 5.92 Å². The predicted octanol–water partition coefficient (Wildman–Crippen LogP) is 3.39. The molecule has 0 saturated carbocycles. The van der Waals surface area contributed by atoms with Gasteiger partial charge in [-0.3, -0.25) is 9.59 Å². The maximum Gasteiger partial charge on any atom is 0.229 e. The van der Waals surface area contributed by atoms with Crippen LogP contribution in [0.1, 0.15) is 33.6 Å². The Bertz CT molecular complexity index is 757. The number of nitrogens with one attached hydrogen (secondary N) is 2. The summed E-state index contributed by atoms with van der Waals surface area (Å²) in [7, 11) is 0. The van der Waals surface area contributed by atoms with Crippen molar-refractivity contribution in [2.45, 2.75) is 33.6 Å². The largest absolute Gasteiger partial charge is 0.361 e. The number of carbonyl (C=O) groups is 2. The maximum atomic E-state index is 12.6. The Hall–Kier alpha value is -2.30. The molecule has 5 heteroatoms. The molecule has 1 unspecified atom stereocenters. The molecule has 0 bridgehead atoms. The zero-order valence-corrected chi connectivity index (χ0v) is 14.6. The molecule has 1 aliphatic heterocycles. The number of amides is 2. The number of carbonyl (C=O) groups excluding carboxylic acids is 2. The molecule has 2 heterocycles. The van der Waals surface area contributed by atoms with E-state index in [1.807, 2.05) is 56.1 Å². The van der Waals surface area contributed by atoms with Gasteiger partial charge in [-0.2, -0.15) is 0 Å². The summed E-state index contributed by atoms with van der Waals surface area (Å²) >= 11 is 0. The van der Waals surface area contributed by atoms with Crippen LogP contribution in [0.2, 0.25) is 0 Å². The number of nitrogens with zero attached hydrogens (tertiary/aromatic N) is 1. The molecule has 24 heavy (non-hydrogen) atoms. The van der Waals surface area contributed by atoms with Crippen LogP contribution in [0.25, 0.3) is 10.9 Å². The third-order valence-corrected chi connectivity index (χ3v) is 4.54. The summed E-state index contributed by atoms with van der Waals surface area (Å²) in [5.74, 6) is -0.0305. The van der Waals surface area contributed by atoms with Crippen molar-refractivity contribution in [1.82, 2.24) is 9.88 Å². The van der Waals surface area contributed by atoms with Gasteiger partial charge in [0.15, 0.2) is 0 Å². The number of anilines is 1. The summed E-state index contributed by atoms with van der Waals surface area (Å²) in [5.41, 5.74) is 1.44. The van der Waals surface area contributed by atoms with E-state index in [4.69, 9.17) is 0 Å². The average Bonchev–Trinajstić information content (AvgIpc) is 3.01. The number of H-pyrrole nitrogens is 1. The van der Waals surface area contributed by atoms with E-state index in [1.54, 1.807) is 0 Å². The lowest BCUT2D eigenvalue weighted by atomic mass is 9.91. The Labute approximate surface area is 142 Å². The fraction of sp³-hybridized carbons (Fsp3) is 0.474. The number of aromatic nitrogens is 1. The first-order valence-corrected chi connectivity index (χ1v) is 8.52. The molecule has 1 aromatic carbocycles. The van der Waals surface area contributed by atoms with E-state index in [1.165, 1.54) is 0 Å². The molecule has 2 amide bonds. The summed E-state index contributed by atoms with van der Waals surface area (Å²) in [6.07, 6.45) is 3.58. The molecule has 5 nitrogen and oxygen atoms in total. The maximum absolute atomic E-state index is 12.6. The molecule has 1 saturated heterocycles. The molecule has 0 spiro atoms. The summed E-state index contributed by atoms with van der Waals surface area (Å²) in [5, 5.41) is 4.07. The first-order valence-electron chi connectivity index (χ1n) is 8.52. The van der Waals surface area contributed by atoms with Crippen LogP contribution in [0.4, 0.5) is 5.69 Å². The third-order valence-electron chi connectivity index (χ3n) is 4.54. The number of benzene rings is 1. The highest BCUT2D eigenvalue weighted by Crippen LogP contribution is 2.25. The van der Waals surface area contributed by atoms with Crippen LogP contribution in [-0.2, 0) is 9.59 Å². The molecule has 128 valence electrons. The molecule has 2 N–H and O–H groups in total. The van der Waals surface area contributed by atoms with Crippen LogP contribution in [0.15, 0.2) is 30.5 Å². The SMILES string of the molecule is CC(C)(C)C(=O)N1CCCC(C(=O)Nc2ccc3[nH]ccc3c2)C1. The molecule has 1 fully saturated rings. The van der Waals surface area contributed by atoms with E-state index >= 15 is 0 Å². The molecule has 3 rings (SSSR count). The Morgan fingerprint density at radius 3 is 2.79 bits per heavy atom. The minimum absolute atomic E-state index is 0.00343. The fourth-order valence-corrected chi connectivity index (χ4v) is 3.23. The van der Waals surface area contributed by atoms with Crippen molar-refractivity contribution in [2.24, 2.45) is 11.3 Å². The van der Waals surface area contributed by atoms with Crippen molar-refractivity contribution in [3.63, 3.8) is 0 Å². The number of hydrogen-bond donors (Lipinski definition) is 2. The lowest BCUT2D eigenvalue weighted by Crippen LogP contribution is -2.47. The van der Waals surface area contributed by atoms with Crippen LogP contribution in [-0.4, -0.2) is 34.8 Å². The lowest BCUT2D eigenvalue weighted by Gasteiger charge is -2.35. The van der Waals surface area contributed by atoms with Crippen molar-refractivity contribution in [2.75, 3.05) is 18.4 Å². The summed E-state index contributed by atoms with van der Waals surface area (Å²) in [6, 6.07) is 7.80. The highest BCUT2D eigenvalue weighted by atomic mass is 16.2. The van der Waals surface area contributed by atoms with Gasteiger partial charge in [-0.05, 0) is 37.1 Å². The number of piperidine rings is 1. The van der Waals surface area contributed by atoms with Gasteiger partial charge in [0, 0.05) is 41.3 Å². The van der Waals surface area contributed by atoms with E-state index in [2.05, 4.69) is 10.3 Å². The smallest absolute Gasteiger partial charge is 0.229 e. The van der Waals surface area contributed by atoms with Gasteiger partial charge in [-0.15, -0.1) is 0 Å². The van der Waals surface area contributed by atoms with Crippen LogP contribution >= 0.6 is 0 Å². The highest BCUT2D eigenvalue weighted by molar-refractivity contribution is 5.95. The first-order chi connectivity index (χ1) is 11.3. The van der Waals surface area contributed by atoms with Crippen molar-refractivity contribution < 1.29 is 9.59 Å². The molecule has 2 aromatic rings. The number of fused-ring (bicyclic) bond motifs is 1. The summed E-state index contributed by atoms with van der Waals surface area (Å²) in [4.78, 5) is 30.0. The van der Waals surface area contributed by atoms with E-state index < -0.39 is 5.41 Å². The van der Waals surface area contributed by atoms with Gasteiger partial charge < -0.3 is 15.2 Å². The summed E-state index contributed by atoms with van der Waals surface area (Å²) in [6.45, 7) is 7.02. The molecular weight excluding hydrogens is 302 g/mol. The van der Waals surface area contributed by atoms with Gasteiger partial charge in [0.2, 0.25) is 11.8 Å². The molecular formula is C19H25N3O2. The van der Waals surface area contributed by atoms with Crippen molar-refractivity contribution in [3.8, 4) is 0 Å². The Kier molecular flexibility index (Phi) is 4.35. The molecule has 0 radical (unpaired) electrons. The summed E-state index contributed by atoms with van der Waals surface area (Å²) < 4.78 is 0. The number of hydrogen-bond acceptors (Lipinski definition) is 2. The van der Waals surface area contributed by atoms with Gasteiger partial charge in [-0.1, -0.05) is 20.8 Å². The second kappa shape index (κ2) is 6.30. The highest BCUT2D eigenvalue weighted by Gasteiger charge is 2.33. The van der Waals surface area contributed by atoms with E-state index in [0.29, 0.717) is 6.54 Å². The van der Waals surface area contributed by atoms with Crippen LogP contribution in [0.3, 0.4) is 0 Å². The average molecular weight is 327 g/mol. The standard InChI is InChI=1S/C19H25N3O2/c1-19(2,3)18(24)22-10-4-5-14(12-22)17(23)21-15-6-7-16-13(11-15)8-9-20-16/h6-9,11,14,20H,4-5,10,12H2,1-3H3,(H,21,23). The minimum atomic E-state index is -0.405. The number of rotatable bonds is 2. The van der Waals surface area contributed by atoms with Crippen molar-refractivity contribution in [3.05, 3.63) is 30.5 Å². The van der Waals surface area contributed by atoms with Crippen LogP contribution < -0.4 is 5.32 Å². The van der Waals surface area contributed by atoms with E-state index in [-0.39, 0.29) is 17.7 Å². The normalized spacial score (nSPS) is 18.6. The van der Waals surface area contributed by atoms with Crippen molar-refractivity contribution >= 4 is 28.4 Å². The monoisotopic (exact) mass is 327 g/mol. The van der Waals surface area contributed by atoms with E-state index in [9.17, 15) is 9.59 Å². The Morgan fingerprint density at radius 1 is 1.25 bits per heavy atom. The number of aromatic amines is 1. The van der Waals surface area contributed by atoms with Crippen LogP contribution in [0.5, 0.6) is 0 Å². The van der Waals surface area contributed by atoms with Crippen LogP contribution in [0, 0.1) is 11.3 Å². The third kappa shape index (κ3) is 3.45. The van der Waals surface area contributed by atoms with E-state index in [0.717, 1.165) is 36.0 Å². The minimum Gasteiger partial charge on any atom is -0.361 e. The predicted molar refractivity (Wildman–Crippen MR) is 95.7 cm³/mol. The molecule has 1 atom stereocenters. The van der Waals surface area contributed by atoms with Crippen molar-refractivity contribution in [1.29, 1.82) is 0 Å². The zero-order valence-electron chi connectivity index (χ0n) is 14.6. The Morgan fingerprint density at radius 2 is 2.04 bits per heavy atom. The lowest BCUT2D eigenvalue weighted by molar-refractivity contribution is -0.142. The molecule has 1 aliphatic rings. The zero-order chi connectivity index (χ0) is 17.3. The Balaban J connectivity index is 1.67. The van der Waals surface area contributed by atoms with Gasteiger partial charge >= 0.3 is 0 Å². The first kappa shape index (κ1) is 16.6. The fourth-order valence-electron chi connectivity index (χ4n) is 3.23. The molecule has 1 aromatic heterocycles. The molecule has 0 aliphatic carbocycles. The number of likely N-dealkylation sites (tertiary alicyclic amines) is 1. The van der Waals surface area contributed by atoms with Gasteiger partial charge in [-0.25, -0.2) is 0 Å². The second-order valence-electron chi connectivity index (χ2n) is 7.61. The van der Waals surface area contributed by atoms with Gasteiger partial charge in [0.25, 0.3) is 0 Å². The topological polar surface area (TPSA) is 65.2 Å². The van der Waals surface area contributed by atoms with Gasteiger partial charge in [0.1, 0.15) is 0 Å². The second-order valence-corrected chi connectivity index (χ2v) is 7.61. The quantitative estimate of drug-likeness (QED) is 0.888.